The molecule has 34 heavy (non-hydrogen) atoms. The molecule has 0 unspecified atom stereocenters. The summed E-state index contributed by atoms with van der Waals surface area (Å²) in [6.07, 6.45) is -10.3. The maximum atomic E-state index is 14.5. The molecule has 3 aromatic rings. The molecule has 1 aromatic carbocycles. The summed E-state index contributed by atoms with van der Waals surface area (Å²) in [6, 6.07) is 2.18. The van der Waals surface area contributed by atoms with Crippen LogP contribution in [0.1, 0.15) is 16.7 Å². The van der Waals surface area contributed by atoms with Gasteiger partial charge in [0.1, 0.15) is 0 Å². The highest BCUT2D eigenvalue weighted by molar-refractivity contribution is 6.30. The van der Waals surface area contributed by atoms with Gasteiger partial charge in [0.25, 0.3) is 0 Å². The van der Waals surface area contributed by atoms with Crippen LogP contribution in [0.15, 0.2) is 36.8 Å². The fraction of sp³-hybridized carbons (Fsp3) is 0.250. The Labute approximate surface area is 191 Å². The molecule has 0 aliphatic rings. The highest BCUT2D eigenvalue weighted by atomic mass is 35.5. The van der Waals surface area contributed by atoms with Gasteiger partial charge >= 0.3 is 24.2 Å². The second-order valence-electron chi connectivity index (χ2n) is 7.16. The van der Waals surface area contributed by atoms with Crippen LogP contribution in [0.5, 0.6) is 5.75 Å². The maximum absolute atomic E-state index is 14.5. The SMILES string of the molecule is Cc1cc(C(F)(C(F)(F)F)C(F)(F)F)cc(C)c1-c1cnn(-c2cnc(Cl)c(OC(=O)O)c2)c1. The van der Waals surface area contributed by atoms with E-state index in [9.17, 15) is 35.5 Å². The lowest BCUT2D eigenvalue weighted by atomic mass is 9.87. The smallest absolute Gasteiger partial charge is 0.449 e. The van der Waals surface area contributed by atoms with Crippen LogP contribution in [0.2, 0.25) is 5.15 Å². The predicted molar refractivity (Wildman–Crippen MR) is 105 cm³/mol. The minimum Gasteiger partial charge on any atom is -0.449 e. The van der Waals surface area contributed by atoms with E-state index >= 15 is 0 Å². The number of pyridine rings is 1. The van der Waals surface area contributed by atoms with E-state index in [1.807, 2.05) is 0 Å². The Morgan fingerprint density at radius 1 is 1.00 bits per heavy atom. The van der Waals surface area contributed by atoms with Gasteiger partial charge in [-0.25, -0.2) is 18.9 Å². The molecule has 1 N–H and O–H groups in total. The third kappa shape index (κ3) is 4.39. The lowest BCUT2D eigenvalue weighted by molar-refractivity contribution is -0.348. The first-order valence-electron chi connectivity index (χ1n) is 9.12. The number of alkyl halides is 7. The Balaban J connectivity index is 2.07. The molecule has 0 fully saturated rings. The highest BCUT2D eigenvalue weighted by Crippen LogP contribution is 2.54. The number of nitrogens with zero attached hydrogens (tertiary/aromatic N) is 3. The number of hydrogen-bond acceptors (Lipinski definition) is 4. The van der Waals surface area contributed by atoms with Gasteiger partial charge in [0, 0.05) is 23.4 Å². The van der Waals surface area contributed by atoms with Crippen LogP contribution in [-0.4, -0.2) is 38.4 Å². The topological polar surface area (TPSA) is 77.2 Å². The molecule has 0 spiro atoms. The van der Waals surface area contributed by atoms with E-state index in [1.165, 1.54) is 43.2 Å². The molecule has 182 valence electrons. The number of carboxylic acid groups (broad SMARTS) is 1. The van der Waals surface area contributed by atoms with Crippen LogP contribution in [0, 0.1) is 13.8 Å². The number of benzene rings is 1. The number of rotatable bonds is 4. The summed E-state index contributed by atoms with van der Waals surface area (Å²) in [5.41, 5.74) is -6.56. The molecular formula is C20H13ClF7N3O3. The van der Waals surface area contributed by atoms with Crippen LogP contribution < -0.4 is 4.74 Å². The van der Waals surface area contributed by atoms with Crippen molar-refractivity contribution in [3.63, 3.8) is 0 Å². The van der Waals surface area contributed by atoms with Gasteiger partial charge in [0.05, 0.1) is 18.1 Å². The van der Waals surface area contributed by atoms with Gasteiger partial charge in [0.15, 0.2) is 10.9 Å². The van der Waals surface area contributed by atoms with Crippen molar-refractivity contribution < 1.29 is 45.4 Å². The molecule has 0 aliphatic heterocycles. The normalized spacial score (nSPS) is 12.6. The fourth-order valence-electron chi connectivity index (χ4n) is 3.41. The zero-order valence-electron chi connectivity index (χ0n) is 17.1. The van der Waals surface area contributed by atoms with Crippen molar-refractivity contribution in [1.29, 1.82) is 0 Å². The van der Waals surface area contributed by atoms with Crippen molar-refractivity contribution in [3.05, 3.63) is 58.6 Å². The second kappa shape index (κ2) is 8.46. The first-order valence-corrected chi connectivity index (χ1v) is 9.50. The fourth-order valence-corrected chi connectivity index (χ4v) is 3.55. The van der Waals surface area contributed by atoms with E-state index in [2.05, 4.69) is 14.8 Å². The van der Waals surface area contributed by atoms with Crippen molar-refractivity contribution in [2.75, 3.05) is 0 Å². The molecule has 0 radical (unpaired) electrons. The summed E-state index contributed by atoms with van der Waals surface area (Å²) >= 11 is 5.77. The summed E-state index contributed by atoms with van der Waals surface area (Å²) in [7, 11) is 0. The molecule has 0 bridgehead atoms. The average molecular weight is 512 g/mol. The van der Waals surface area contributed by atoms with E-state index in [0.29, 0.717) is 12.1 Å². The van der Waals surface area contributed by atoms with E-state index in [0.717, 1.165) is 0 Å². The number of carbonyl (C=O) groups is 1. The van der Waals surface area contributed by atoms with Crippen LogP contribution in [0.3, 0.4) is 0 Å². The van der Waals surface area contributed by atoms with Crippen LogP contribution in [0.4, 0.5) is 35.5 Å². The Morgan fingerprint density at radius 2 is 1.56 bits per heavy atom. The summed E-state index contributed by atoms with van der Waals surface area (Å²) in [5, 5.41) is 12.5. The molecular weight excluding hydrogens is 499 g/mol. The van der Waals surface area contributed by atoms with Gasteiger partial charge in [-0.3, -0.25) is 0 Å². The Morgan fingerprint density at radius 3 is 2.06 bits per heavy atom. The second-order valence-corrected chi connectivity index (χ2v) is 7.52. The summed E-state index contributed by atoms with van der Waals surface area (Å²) in [4.78, 5) is 14.5. The van der Waals surface area contributed by atoms with Gasteiger partial charge in [-0.1, -0.05) is 23.7 Å². The molecule has 0 amide bonds. The molecule has 0 aliphatic carbocycles. The Bertz CT molecular complexity index is 1220. The Kier molecular flexibility index (Phi) is 6.29. The number of ether oxygens (including phenoxy) is 1. The molecule has 6 nitrogen and oxygen atoms in total. The summed E-state index contributed by atoms with van der Waals surface area (Å²) in [6.45, 7) is 2.47. The van der Waals surface area contributed by atoms with Gasteiger partial charge in [-0.05, 0) is 30.5 Å². The van der Waals surface area contributed by atoms with Gasteiger partial charge < -0.3 is 9.84 Å². The average Bonchev–Trinajstić information content (AvgIpc) is 3.16. The quantitative estimate of drug-likeness (QED) is 0.244. The van der Waals surface area contributed by atoms with Crippen molar-refractivity contribution in [2.45, 2.75) is 31.9 Å². The number of aryl methyl sites for hydroxylation is 2. The molecule has 2 heterocycles. The largest absolute Gasteiger partial charge is 0.511 e. The lowest BCUT2D eigenvalue weighted by Gasteiger charge is -2.31. The molecule has 0 atom stereocenters. The predicted octanol–water partition coefficient (Wildman–Crippen LogP) is 6.55. The summed E-state index contributed by atoms with van der Waals surface area (Å²) < 4.78 is 99.0. The van der Waals surface area contributed by atoms with Gasteiger partial charge in [-0.15, -0.1) is 0 Å². The van der Waals surface area contributed by atoms with Crippen molar-refractivity contribution in [1.82, 2.24) is 14.8 Å². The molecule has 0 saturated carbocycles. The van der Waals surface area contributed by atoms with E-state index in [4.69, 9.17) is 16.7 Å². The molecule has 2 aromatic heterocycles. The van der Waals surface area contributed by atoms with E-state index in [1.54, 1.807) is 0 Å². The van der Waals surface area contributed by atoms with Crippen molar-refractivity contribution in [3.8, 4) is 22.6 Å². The first-order chi connectivity index (χ1) is 15.6. The van der Waals surface area contributed by atoms with Crippen LogP contribution >= 0.6 is 11.6 Å². The third-order valence-corrected chi connectivity index (χ3v) is 5.12. The van der Waals surface area contributed by atoms with Gasteiger partial charge in [0.2, 0.25) is 0 Å². The zero-order valence-corrected chi connectivity index (χ0v) is 17.8. The summed E-state index contributed by atoms with van der Waals surface area (Å²) in [5.74, 6) is -0.293. The lowest BCUT2D eigenvalue weighted by Crippen LogP contribution is -2.50. The standard InChI is InChI=1S/C20H13ClF7N3O3/c1-9-3-12(18(22,19(23,24)25)20(26,27)28)4-10(2)15(9)11-6-30-31(8-11)13-5-14(34-17(32)33)16(21)29-7-13/h3-8H,1-2H3,(H,32,33). The van der Waals surface area contributed by atoms with Crippen LogP contribution in [-0.2, 0) is 5.67 Å². The molecule has 3 rings (SSSR count). The van der Waals surface area contributed by atoms with Gasteiger partial charge in [-0.2, -0.15) is 31.4 Å². The van der Waals surface area contributed by atoms with Crippen molar-refractivity contribution >= 4 is 17.8 Å². The van der Waals surface area contributed by atoms with E-state index in [-0.39, 0.29) is 38.8 Å². The first kappa shape index (κ1) is 25.3. The maximum Gasteiger partial charge on any atom is 0.511 e. The number of halogens is 8. The van der Waals surface area contributed by atoms with Crippen LogP contribution in [0.25, 0.3) is 16.8 Å². The number of hydrogen-bond donors (Lipinski definition) is 1. The minimum absolute atomic E-state index is 0.0609. The third-order valence-electron chi connectivity index (χ3n) is 4.84. The zero-order chi connectivity index (χ0) is 25.6. The highest BCUT2D eigenvalue weighted by Gasteiger charge is 2.73. The minimum atomic E-state index is -6.23. The molecule has 0 saturated heterocycles. The Hall–Kier alpha value is -3.35. The number of aromatic nitrogens is 3. The monoisotopic (exact) mass is 511 g/mol. The molecule has 14 heteroatoms. The van der Waals surface area contributed by atoms with E-state index < -0.39 is 29.7 Å². The van der Waals surface area contributed by atoms with Crippen molar-refractivity contribution in [2.24, 2.45) is 0 Å².